The number of sulfonamides is 1. The van der Waals surface area contributed by atoms with Gasteiger partial charge in [-0.3, -0.25) is 9.59 Å². The Labute approximate surface area is 239 Å². The molecule has 0 aliphatic carbocycles. The van der Waals surface area contributed by atoms with Crippen molar-refractivity contribution in [3.8, 4) is 0 Å². The van der Waals surface area contributed by atoms with E-state index in [0.717, 1.165) is 6.26 Å². The van der Waals surface area contributed by atoms with Crippen LogP contribution in [0.2, 0.25) is 0 Å². The quantitative estimate of drug-likeness (QED) is 0.136. The number of amides is 3. The van der Waals surface area contributed by atoms with E-state index in [1.54, 1.807) is 13.8 Å². The summed E-state index contributed by atoms with van der Waals surface area (Å²) in [6.07, 6.45) is 0.361. The molecule has 17 heteroatoms. The van der Waals surface area contributed by atoms with Gasteiger partial charge >= 0.3 is 35.7 Å². The van der Waals surface area contributed by atoms with Crippen LogP contribution in [-0.2, 0) is 34.5 Å². The number of aliphatic hydroxyl groups is 1. The van der Waals surface area contributed by atoms with E-state index in [4.69, 9.17) is 4.74 Å². The molecule has 2 fully saturated rings. The zero-order valence-corrected chi connectivity index (χ0v) is 25.1. The number of nitrogens with one attached hydrogen (secondary N) is 3. The molecule has 4 atom stereocenters. The number of ether oxygens (including phenoxy) is 1. The first-order valence-electron chi connectivity index (χ1n) is 11.7. The third kappa shape index (κ3) is 10.9. The van der Waals surface area contributed by atoms with Crippen LogP contribution in [-0.4, -0.2) is 98.2 Å². The van der Waals surface area contributed by atoms with E-state index in [-0.39, 0.29) is 80.2 Å². The van der Waals surface area contributed by atoms with Gasteiger partial charge in [0, 0.05) is 25.6 Å². The van der Waals surface area contributed by atoms with Crippen molar-refractivity contribution in [2.75, 3.05) is 25.9 Å². The Kier molecular flexibility index (Phi) is 13.2. The van der Waals surface area contributed by atoms with E-state index in [0.29, 0.717) is 13.0 Å². The molecule has 0 radical (unpaired) electrons. The molecule has 208 valence electrons. The van der Waals surface area contributed by atoms with Crippen LogP contribution in [0, 0.1) is 11.8 Å². The average Bonchev–Trinajstić information content (AvgIpc) is 3.15. The molecule has 0 saturated carbocycles. The summed E-state index contributed by atoms with van der Waals surface area (Å²) >= 11 is 0. The van der Waals surface area contributed by atoms with Gasteiger partial charge in [0.25, 0.3) is 0 Å². The molecule has 2 aliphatic rings. The van der Waals surface area contributed by atoms with Crippen LogP contribution in [0.25, 0.3) is 0 Å². The first-order chi connectivity index (χ1) is 16.6. The number of aliphatic hydroxyl groups excluding tert-OH is 1. The molecular weight excluding hydrogens is 543 g/mol. The van der Waals surface area contributed by atoms with Crippen LogP contribution in [0.3, 0.4) is 0 Å². The van der Waals surface area contributed by atoms with Gasteiger partial charge in [0.15, 0.2) is 5.44 Å². The Morgan fingerprint density at radius 3 is 2.22 bits per heavy atom. The smallest absolute Gasteiger partial charge is 0.746 e. The minimum atomic E-state index is -5.21. The molecule has 0 aromatic rings. The second-order valence-electron chi connectivity index (χ2n) is 9.60. The van der Waals surface area contributed by atoms with Crippen LogP contribution in [0.4, 0.5) is 4.79 Å². The number of hydrogen-bond acceptors (Lipinski definition) is 10. The van der Waals surface area contributed by atoms with E-state index < -0.39 is 61.7 Å². The molecule has 0 aromatic carbocycles. The molecule has 37 heavy (non-hydrogen) atoms. The maximum absolute atomic E-state index is 13.0. The number of piperidine rings is 1. The molecule has 0 aromatic heterocycles. The summed E-state index contributed by atoms with van der Waals surface area (Å²) in [5.41, 5.74) is -2.48. The number of rotatable bonds is 11. The Morgan fingerprint density at radius 2 is 1.76 bits per heavy atom. The van der Waals surface area contributed by atoms with Crippen LogP contribution in [0.1, 0.15) is 46.0 Å². The standard InChI is InChI=1S/C20H36N4O10S2.Na/c1-12(2)10-15(23-20(28)34-14-5-8-24(9-6-14)35(3,29)30)18(26)22-16(19(27)36(31,32)33)11-13-4-7-21-17(13)25;/h12-16,19,27H,4-11H2,1-3H3,(H,21,25)(H,22,26)(H,23,28)(H,31,32,33);/q;+1/p-1/t13-,15-,16-,19?;/m0./s1. The van der Waals surface area contributed by atoms with Gasteiger partial charge in [-0.2, -0.15) is 0 Å². The summed E-state index contributed by atoms with van der Waals surface area (Å²) in [5.74, 6) is -2.03. The van der Waals surface area contributed by atoms with Gasteiger partial charge in [0.1, 0.15) is 22.3 Å². The molecule has 0 spiro atoms. The van der Waals surface area contributed by atoms with Crippen molar-refractivity contribution in [2.45, 2.75) is 69.6 Å². The number of hydrogen-bond donors (Lipinski definition) is 4. The molecule has 2 saturated heterocycles. The first-order valence-corrected chi connectivity index (χ1v) is 15.0. The Balaban J connectivity index is 0.00000684. The van der Waals surface area contributed by atoms with Crippen molar-refractivity contribution in [1.82, 2.24) is 20.3 Å². The fraction of sp³-hybridized carbons (Fsp3) is 0.850. The zero-order valence-electron chi connectivity index (χ0n) is 21.5. The third-order valence-electron chi connectivity index (χ3n) is 6.13. The van der Waals surface area contributed by atoms with Crippen LogP contribution < -0.4 is 45.5 Å². The van der Waals surface area contributed by atoms with Gasteiger partial charge in [-0.05, 0) is 38.0 Å². The van der Waals surface area contributed by atoms with Crippen molar-refractivity contribution in [3.63, 3.8) is 0 Å². The largest absolute Gasteiger partial charge is 1.00 e. The fourth-order valence-corrected chi connectivity index (χ4v) is 5.68. The van der Waals surface area contributed by atoms with Crippen LogP contribution in [0.15, 0.2) is 0 Å². The van der Waals surface area contributed by atoms with Gasteiger partial charge in [-0.15, -0.1) is 0 Å². The van der Waals surface area contributed by atoms with E-state index in [1.807, 2.05) is 0 Å². The molecule has 3 amide bonds. The molecule has 2 heterocycles. The summed E-state index contributed by atoms with van der Waals surface area (Å²) in [7, 11) is -8.56. The predicted octanol–water partition coefficient (Wildman–Crippen LogP) is -4.57. The monoisotopic (exact) mass is 578 g/mol. The van der Waals surface area contributed by atoms with Crippen molar-refractivity contribution in [1.29, 1.82) is 0 Å². The summed E-state index contributed by atoms with van der Waals surface area (Å²) < 4.78 is 64.2. The number of carbonyl (C=O) groups excluding carboxylic acids is 3. The molecule has 1 unspecified atom stereocenters. The fourth-order valence-electron chi connectivity index (χ4n) is 4.22. The minimum absolute atomic E-state index is 0. The van der Waals surface area contributed by atoms with Crippen molar-refractivity contribution < 1.29 is 75.2 Å². The van der Waals surface area contributed by atoms with E-state index in [2.05, 4.69) is 16.0 Å². The average molecular weight is 579 g/mol. The summed E-state index contributed by atoms with van der Waals surface area (Å²) in [6.45, 7) is 4.28. The molecule has 4 N–H and O–H groups in total. The first kappa shape index (κ1) is 34.0. The molecule has 0 bridgehead atoms. The van der Waals surface area contributed by atoms with Crippen molar-refractivity contribution >= 4 is 38.0 Å². The second-order valence-corrected chi connectivity index (χ2v) is 13.1. The van der Waals surface area contributed by atoms with Crippen molar-refractivity contribution in [3.05, 3.63) is 0 Å². The topological polar surface area (TPSA) is 211 Å². The SMILES string of the molecule is CC(C)C[C@H](NC(=O)OC1CCN(S(C)(=O)=O)CC1)C(=O)N[C@@H](C[C@@H]1CCNC1=O)C(O)S(=O)(=O)[O-].[Na+]. The van der Waals surface area contributed by atoms with Gasteiger partial charge in [-0.1, -0.05) is 13.8 Å². The number of carbonyl (C=O) groups is 3. The second kappa shape index (κ2) is 14.4. The molecule has 14 nitrogen and oxygen atoms in total. The van der Waals surface area contributed by atoms with Gasteiger partial charge in [-0.25, -0.2) is 25.9 Å². The number of alkyl carbamates (subject to hydrolysis) is 1. The summed E-state index contributed by atoms with van der Waals surface area (Å²) in [4.78, 5) is 37.4. The predicted molar refractivity (Wildman–Crippen MR) is 126 cm³/mol. The molecule has 2 rings (SSSR count). The van der Waals surface area contributed by atoms with E-state index in [9.17, 15) is 40.9 Å². The molecular formula is C20H35N4NaO10S2. The number of nitrogens with zero attached hydrogens (tertiary/aromatic N) is 1. The Hall–Kier alpha value is -1.01. The summed E-state index contributed by atoms with van der Waals surface area (Å²) in [6, 6.07) is -2.75. The van der Waals surface area contributed by atoms with Gasteiger partial charge in [0.2, 0.25) is 21.8 Å². The summed E-state index contributed by atoms with van der Waals surface area (Å²) in [5, 5.41) is 17.4. The van der Waals surface area contributed by atoms with Crippen LogP contribution in [0.5, 0.6) is 0 Å². The zero-order chi connectivity index (χ0) is 27.3. The maximum Gasteiger partial charge on any atom is 1.00 e. The van der Waals surface area contributed by atoms with Gasteiger partial charge < -0.3 is 30.3 Å². The van der Waals surface area contributed by atoms with Crippen molar-refractivity contribution in [2.24, 2.45) is 11.8 Å². The van der Waals surface area contributed by atoms with Gasteiger partial charge in [0.05, 0.1) is 12.3 Å². The minimum Gasteiger partial charge on any atom is -0.746 e. The Morgan fingerprint density at radius 1 is 1.16 bits per heavy atom. The van der Waals surface area contributed by atoms with E-state index in [1.165, 1.54) is 4.31 Å². The normalized spacial score (nSPS) is 21.9. The maximum atomic E-state index is 13.0. The molecule has 2 aliphatic heterocycles. The van der Waals surface area contributed by atoms with Crippen LogP contribution >= 0.6 is 0 Å². The Bertz CT molecular complexity index is 1020. The third-order valence-corrected chi connectivity index (χ3v) is 8.35. The van der Waals surface area contributed by atoms with E-state index >= 15 is 0 Å².